The molecule has 172 valence electrons. The predicted molar refractivity (Wildman–Crippen MR) is 131 cm³/mol. The number of carbonyl (C=O) groups is 2. The van der Waals surface area contributed by atoms with Crippen LogP contribution in [-0.2, 0) is 16.1 Å². The zero-order valence-corrected chi connectivity index (χ0v) is 20.2. The predicted octanol–water partition coefficient (Wildman–Crippen LogP) is 7.29. The molecule has 7 heteroatoms. The molecular weight excluding hydrogens is 461 g/mol. The topological polar surface area (TPSA) is 55.8 Å². The van der Waals surface area contributed by atoms with E-state index < -0.39 is 0 Å². The molecule has 3 aromatic carbocycles. The molecule has 0 atom stereocenters. The third-order valence-corrected chi connectivity index (χ3v) is 5.37. The standard InChI is InChI=1S/C26H25Cl2NO4/c1-4-24(30)32-21-14-22(27)25(23(28)15-21)33-20-12-10-19(11-13-20)29(26(31)17(2)3)16-18-8-6-5-7-9-18/h5-15,17H,4,16H2,1-3H3. The molecule has 0 spiro atoms. The summed E-state index contributed by atoms with van der Waals surface area (Å²) in [5.74, 6) is 0.489. The second-order valence-corrected chi connectivity index (χ2v) is 8.52. The summed E-state index contributed by atoms with van der Waals surface area (Å²) in [7, 11) is 0. The molecular formula is C26H25Cl2NO4. The van der Waals surface area contributed by atoms with Crippen molar-refractivity contribution in [2.45, 2.75) is 33.7 Å². The van der Waals surface area contributed by atoms with E-state index >= 15 is 0 Å². The monoisotopic (exact) mass is 485 g/mol. The van der Waals surface area contributed by atoms with Gasteiger partial charge in [0.2, 0.25) is 5.91 Å². The van der Waals surface area contributed by atoms with Gasteiger partial charge in [-0.2, -0.15) is 0 Å². The van der Waals surface area contributed by atoms with E-state index in [1.165, 1.54) is 12.1 Å². The van der Waals surface area contributed by atoms with E-state index in [2.05, 4.69) is 0 Å². The molecule has 3 aromatic rings. The maximum Gasteiger partial charge on any atom is 0.310 e. The van der Waals surface area contributed by atoms with Gasteiger partial charge in [-0.25, -0.2) is 0 Å². The first kappa shape index (κ1) is 24.6. The molecule has 0 aliphatic heterocycles. The number of hydrogen-bond donors (Lipinski definition) is 0. The largest absolute Gasteiger partial charge is 0.454 e. The van der Waals surface area contributed by atoms with Crippen LogP contribution in [-0.4, -0.2) is 11.9 Å². The highest BCUT2D eigenvalue weighted by Crippen LogP contribution is 2.40. The van der Waals surface area contributed by atoms with Crippen LogP contribution in [0.4, 0.5) is 5.69 Å². The summed E-state index contributed by atoms with van der Waals surface area (Å²) in [4.78, 5) is 26.1. The van der Waals surface area contributed by atoms with Crippen LogP contribution in [0.5, 0.6) is 17.2 Å². The Bertz CT molecular complexity index is 1090. The Labute approximate surface area is 203 Å². The van der Waals surface area contributed by atoms with Crippen LogP contribution in [0.15, 0.2) is 66.7 Å². The summed E-state index contributed by atoms with van der Waals surface area (Å²) in [6, 6.07) is 19.9. The second-order valence-electron chi connectivity index (χ2n) is 7.70. The summed E-state index contributed by atoms with van der Waals surface area (Å²) < 4.78 is 11.0. The van der Waals surface area contributed by atoms with Gasteiger partial charge in [0.1, 0.15) is 11.5 Å². The highest BCUT2D eigenvalue weighted by atomic mass is 35.5. The number of hydrogen-bond acceptors (Lipinski definition) is 4. The quantitative estimate of drug-likeness (QED) is 0.248. The van der Waals surface area contributed by atoms with Crippen LogP contribution in [0.2, 0.25) is 10.0 Å². The van der Waals surface area contributed by atoms with E-state index in [1.807, 2.05) is 56.3 Å². The van der Waals surface area contributed by atoms with Gasteiger partial charge in [0.15, 0.2) is 5.75 Å². The molecule has 1 amide bonds. The molecule has 0 saturated carbocycles. The van der Waals surface area contributed by atoms with Crippen molar-refractivity contribution >= 4 is 40.8 Å². The van der Waals surface area contributed by atoms with Crippen LogP contribution in [0.3, 0.4) is 0 Å². The van der Waals surface area contributed by atoms with Crippen molar-refractivity contribution in [2.24, 2.45) is 5.92 Å². The summed E-state index contributed by atoms with van der Waals surface area (Å²) >= 11 is 12.6. The summed E-state index contributed by atoms with van der Waals surface area (Å²) in [6.45, 7) is 5.92. The molecule has 3 rings (SSSR count). The SMILES string of the molecule is CCC(=O)Oc1cc(Cl)c(Oc2ccc(N(Cc3ccccc3)C(=O)C(C)C)cc2)c(Cl)c1. The van der Waals surface area contributed by atoms with E-state index in [0.717, 1.165) is 11.3 Å². The van der Waals surface area contributed by atoms with Crippen molar-refractivity contribution in [2.75, 3.05) is 4.90 Å². The highest BCUT2D eigenvalue weighted by molar-refractivity contribution is 6.37. The lowest BCUT2D eigenvalue weighted by atomic mass is 10.1. The minimum atomic E-state index is -0.387. The third kappa shape index (κ3) is 6.50. The Hall–Kier alpha value is -3.02. The number of rotatable bonds is 8. The Morgan fingerprint density at radius 2 is 1.52 bits per heavy atom. The van der Waals surface area contributed by atoms with Gasteiger partial charge in [0, 0.05) is 30.2 Å². The van der Waals surface area contributed by atoms with E-state index in [0.29, 0.717) is 12.3 Å². The van der Waals surface area contributed by atoms with Gasteiger partial charge in [-0.1, -0.05) is 74.3 Å². The number of esters is 1. The fraction of sp³-hybridized carbons (Fsp3) is 0.231. The molecule has 0 fully saturated rings. The van der Waals surface area contributed by atoms with Gasteiger partial charge < -0.3 is 14.4 Å². The number of anilines is 1. The molecule has 33 heavy (non-hydrogen) atoms. The third-order valence-electron chi connectivity index (χ3n) is 4.80. The minimum Gasteiger partial charge on any atom is -0.454 e. The fourth-order valence-electron chi connectivity index (χ4n) is 3.08. The minimum absolute atomic E-state index is 0.0239. The fourth-order valence-corrected chi connectivity index (χ4v) is 3.63. The molecule has 0 saturated heterocycles. The first-order chi connectivity index (χ1) is 15.8. The number of ether oxygens (including phenoxy) is 2. The van der Waals surface area contributed by atoms with E-state index in [4.69, 9.17) is 32.7 Å². The molecule has 0 unspecified atom stereocenters. The van der Waals surface area contributed by atoms with Crippen molar-refractivity contribution < 1.29 is 19.1 Å². The highest BCUT2D eigenvalue weighted by Gasteiger charge is 2.20. The molecule has 0 heterocycles. The summed E-state index contributed by atoms with van der Waals surface area (Å²) in [5, 5.41) is 0.428. The first-order valence-electron chi connectivity index (χ1n) is 10.6. The van der Waals surface area contributed by atoms with Crippen molar-refractivity contribution in [3.63, 3.8) is 0 Å². The number of nitrogens with zero attached hydrogens (tertiary/aromatic N) is 1. The lowest BCUT2D eigenvalue weighted by molar-refractivity contribution is -0.134. The van der Waals surface area contributed by atoms with Crippen LogP contribution in [0, 0.1) is 5.92 Å². The van der Waals surface area contributed by atoms with Gasteiger partial charge in [-0.05, 0) is 29.8 Å². The molecule has 0 aliphatic rings. The van der Waals surface area contributed by atoms with Crippen molar-refractivity contribution in [3.8, 4) is 17.2 Å². The zero-order chi connectivity index (χ0) is 24.0. The average molecular weight is 486 g/mol. The van der Waals surface area contributed by atoms with Gasteiger partial charge in [0.05, 0.1) is 16.6 Å². The second kappa shape index (κ2) is 11.2. The lowest BCUT2D eigenvalue weighted by Crippen LogP contribution is -2.33. The van der Waals surface area contributed by atoms with Crippen LogP contribution in [0.25, 0.3) is 0 Å². The summed E-state index contributed by atoms with van der Waals surface area (Å²) in [5.41, 5.74) is 1.79. The number of benzene rings is 3. The van der Waals surface area contributed by atoms with Gasteiger partial charge in [0.25, 0.3) is 0 Å². The van der Waals surface area contributed by atoms with Crippen LogP contribution < -0.4 is 14.4 Å². The van der Waals surface area contributed by atoms with E-state index in [1.54, 1.807) is 24.0 Å². The maximum absolute atomic E-state index is 12.9. The van der Waals surface area contributed by atoms with Gasteiger partial charge >= 0.3 is 5.97 Å². The zero-order valence-electron chi connectivity index (χ0n) is 18.7. The lowest BCUT2D eigenvalue weighted by Gasteiger charge is -2.25. The molecule has 0 aromatic heterocycles. The van der Waals surface area contributed by atoms with Gasteiger partial charge in [-0.3, -0.25) is 9.59 Å². The Balaban J connectivity index is 1.81. The van der Waals surface area contributed by atoms with Gasteiger partial charge in [-0.15, -0.1) is 0 Å². The van der Waals surface area contributed by atoms with Crippen LogP contribution in [0.1, 0.15) is 32.8 Å². The van der Waals surface area contributed by atoms with E-state index in [9.17, 15) is 9.59 Å². The molecule has 0 radical (unpaired) electrons. The summed E-state index contributed by atoms with van der Waals surface area (Å²) in [6.07, 6.45) is 0.237. The number of amides is 1. The molecule has 0 bridgehead atoms. The van der Waals surface area contributed by atoms with Crippen LogP contribution >= 0.6 is 23.2 Å². The first-order valence-corrected chi connectivity index (χ1v) is 11.4. The molecule has 0 N–H and O–H groups in total. The number of halogens is 2. The Kier molecular flexibility index (Phi) is 8.37. The Morgan fingerprint density at radius 3 is 2.06 bits per heavy atom. The molecule has 5 nitrogen and oxygen atoms in total. The Morgan fingerprint density at radius 1 is 0.909 bits per heavy atom. The van der Waals surface area contributed by atoms with Crippen molar-refractivity contribution in [3.05, 3.63) is 82.3 Å². The molecule has 0 aliphatic carbocycles. The van der Waals surface area contributed by atoms with Crippen molar-refractivity contribution in [1.29, 1.82) is 0 Å². The van der Waals surface area contributed by atoms with Crippen molar-refractivity contribution in [1.82, 2.24) is 0 Å². The smallest absolute Gasteiger partial charge is 0.310 e. The maximum atomic E-state index is 12.9. The number of carbonyl (C=O) groups excluding carboxylic acids is 2. The average Bonchev–Trinajstić information content (AvgIpc) is 2.80. The normalized spacial score (nSPS) is 10.7. The van der Waals surface area contributed by atoms with E-state index in [-0.39, 0.29) is 45.8 Å².